The van der Waals surface area contributed by atoms with Crippen molar-refractivity contribution in [3.63, 3.8) is 0 Å². The zero-order valence-electron chi connectivity index (χ0n) is 34.3. The summed E-state index contributed by atoms with van der Waals surface area (Å²) >= 11 is 0. The molecule has 10 aromatic carbocycles. The summed E-state index contributed by atoms with van der Waals surface area (Å²) in [6.07, 6.45) is 0. The van der Waals surface area contributed by atoms with Crippen LogP contribution in [-0.4, -0.2) is 0 Å². The van der Waals surface area contributed by atoms with Crippen LogP contribution in [0.4, 0.5) is 17.1 Å². The van der Waals surface area contributed by atoms with Crippen LogP contribution >= 0.6 is 0 Å². The lowest BCUT2D eigenvalue weighted by molar-refractivity contribution is 0.660. The molecule has 288 valence electrons. The van der Waals surface area contributed by atoms with Gasteiger partial charge in [0, 0.05) is 22.5 Å². The van der Waals surface area contributed by atoms with Gasteiger partial charge >= 0.3 is 0 Å². The lowest BCUT2D eigenvalue weighted by Crippen LogP contribution is -2.29. The minimum absolute atomic E-state index is 0.140. The molecule has 0 amide bonds. The summed E-state index contributed by atoms with van der Waals surface area (Å²) in [5, 5.41) is 4.99. The van der Waals surface area contributed by atoms with E-state index in [9.17, 15) is 0 Å². The van der Waals surface area contributed by atoms with Crippen molar-refractivity contribution in [1.29, 1.82) is 0 Å². The number of hydrogen-bond donors (Lipinski definition) is 0. The predicted octanol–water partition coefficient (Wildman–Crippen LogP) is 15.8. The molecule has 0 aromatic heterocycles. The lowest BCUT2D eigenvalue weighted by atomic mass is 9.67. The summed E-state index contributed by atoms with van der Waals surface area (Å²) in [7, 11) is 0. The molecule has 0 saturated carbocycles. The van der Waals surface area contributed by atoms with Crippen molar-refractivity contribution < 1.29 is 0 Å². The molecule has 1 heteroatoms. The summed E-state index contributed by atoms with van der Waals surface area (Å²) in [5.74, 6) is 0. The second-order valence-electron chi connectivity index (χ2n) is 17.3. The van der Waals surface area contributed by atoms with Crippen molar-refractivity contribution >= 4 is 38.6 Å². The Morgan fingerprint density at radius 2 is 0.820 bits per heavy atom. The Morgan fingerprint density at radius 1 is 0.311 bits per heavy atom. The van der Waals surface area contributed by atoms with E-state index in [1.165, 1.54) is 88.3 Å². The highest BCUT2D eigenvalue weighted by Gasteiger charge is 2.46. The van der Waals surface area contributed by atoms with Crippen molar-refractivity contribution in [3.8, 4) is 33.4 Å². The number of fused-ring (bicyclic) bond motifs is 9. The van der Waals surface area contributed by atoms with Gasteiger partial charge < -0.3 is 4.90 Å². The minimum Gasteiger partial charge on any atom is -0.310 e. The molecule has 1 atom stereocenters. The highest BCUT2D eigenvalue weighted by Crippen LogP contribution is 2.58. The molecular weight excluding hydrogens is 735 g/mol. The maximum atomic E-state index is 2.50. The van der Waals surface area contributed by atoms with Crippen LogP contribution in [0, 0.1) is 0 Å². The maximum absolute atomic E-state index is 2.50. The van der Waals surface area contributed by atoms with E-state index >= 15 is 0 Å². The Balaban J connectivity index is 1.13. The van der Waals surface area contributed by atoms with Gasteiger partial charge in [-0.2, -0.15) is 0 Å². The molecule has 2 aliphatic carbocycles. The van der Waals surface area contributed by atoms with Gasteiger partial charge in [0.15, 0.2) is 0 Å². The summed E-state index contributed by atoms with van der Waals surface area (Å²) < 4.78 is 0. The Bertz CT molecular complexity index is 3340. The summed E-state index contributed by atoms with van der Waals surface area (Å²) in [6.45, 7) is 4.75. The van der Waals surface area contributed by atoms with Gasteiger partial charge in [0.25, 0.3) is 0 Å². The molecule has 0 saturated heterocycles. The number of nitrogens with zero attached hydrogens (tertiary/aromatic N) is 1. The Labute approximate surface area is 357 Å². The van der Waals surface area contributed by atoms with Crippen molar-refractivity contribution in [1.82, 2.24) is 0 Å². The molecule has 2 aliphatic rings. The Morgan fingerprint density at radius 3 is 1.59 bits per heavy atom. The molecule has 12 rings (SSSR count). The van der Waals surface area contributed by atoms with Gasteiger partial charge in [0.1, 0.15) is 0 Å². The quantitative estimate of drug-likeness (QED) is 0.152. The van der Waals surface area contributed by atoms with Gasteiger partial charge in [-0.05, 0) is 131 Å². The largest absolute Gasteiger partial charge is 0.310 e. The lowest BCUT2D eigenvalue weighted by Gasteiger charge is -2.35. The van der Waals surface area contributed by atoms with Gasteiger partial charge in [-0.3, -0.25) is 0 Å². The monoisotopic (exact) mass is 777 g/mol. The van der Waals surface area contributed by atoms with E-state index in [-0.39, 0.29) is 5.41 Å². The first kappa shape index (κ1) is 35.5. The maximum Gasteiger partial charge on any atom is 0.0714 e. The topological polar surface area (TPSA) is 3.24 Å². The van der Waals surface area contributed by atoms with Crippen molar-refractivity contribution in [2.75, 3.05) is 4.90 Å². The van der Waals surface area contributed by atoms with Crippen molar-refractivity contribution in [3.05, 3.63) is 258 Å². The van der Waals surface area contributed by atoms with E-state index in [4.69, 9.17) is 0 Å². The number of anilines is 3. The predicted molar refractivity (Wildman–Crippen MR) is 256 cm³/mol. The van der Waals surface area contributed by atoms with Crippen LogP contribution in [-0.2, 0) is 10.8 Å². The third-order valence-electron chi connectivity index (χ3n) is 13.7. The highest BCUT2D eigenvalue weighted by molar-refractivity contribution is 6.09. The van der Waals surface area contributed by atoms with Crippen LogP contribution in [0.5, 0.6) is 0 Å². The molecule has 0 radical (unpaired) electrons. The zero-order chi connectivity index (χ0) is 40.7. The third kappa shape index (κ3) is 5.27. The molecule has 0 bridgehead atoms. The van der Waals surface area contributed by atoms with Gasteiger partial charge in [-0.1, -0.05) is 196 Å². The first-order valence-electron chi connectivity index (χ1n) is 21.4. The van der Waals surface area contributed by atoms with Crippen LogP contribution in [0.2, 0.25) is 0 Å². The van der Waals surface area contributed by atoms with E-state index in [1.807, 2.05) is 0 Å². The fraction of sp³-hybridized carbons (Fsp3) is 0.0667. The molecule has 1 nitrogen and oxygen atoms in total. The third-order valence-corrected chi connectivity index (χ3v) is 13.7. The average Bonchev–Trinajstić information content (AvgIpc) is 3.74. The summed E-state index contributed by atoms with van der Waals surface area (Å²) in [5.41, 5.74) is 18.1. The molecule has 61 heavy (non-hydrogen) atoms. The second-order valence-corrected chi connectivity index (χ2v) is 17.3. The molecule has 0 aliphatic heterocycles. The minimum atomic E-state index is -0.569. The Kier molecular flexibility index (Phi) is 7.86. The van der Waals surface area contributed by atoms with Gasteiger partial charge in [-0.25, -0.2) is 0 Å². The standard InChI is InChI=1S/C60H43N/c1-59(2)55-26-13-11-24-50(55)52-34-32-47(38-57(52)59)61(46-31-30-42-29-28-41-18-9-10-23-49(41)54(42)37-46)48-33-35-53-51-25-12-14-27-56(51)60(58(53)39-48,44-20-7-4-8-21-44)45-22-15-19-43(36-45)40-16-5-3-6-17-40/h3-39H,1-2H3. The molecule has 0 spiro atoms. The second kappa shape index (κ2) is 13.5. The summed E-state index contributed by atoms with van der Waals surface area (Å²) in [6, 6.07) is 83.8. The molecule has 1 unspecified atom stereocenters. The molecule has 0 heterocycles. The smallest absolute Gasteiger partial charge is 0.0714 e. The number of hydrogen-bond acceptors (Lipinski definition) is 1. The fourth-order valence-corrected chi connectivity index (χ4v) is 10.9. The van der Waals surface area contributed by atoms with Crippen molar-refractivity contribution in [2.24, 2.45) is 0 Å². The van der Waals surface area contributed by atoms with E-state index in [0.29, 0.717) is 0 Å². The van der Waals surface area contributed by atoms with Crippen LogP contribution in [0.3, 0.4) is 0 Å². The Hall–Kier alpha value is -7.48. The van der Waals surface area contributed by atoms with E-state index in [1.54, 1.807) is 0 Å². The molecule has 0 fully saturated rings. The highest BCUT2D eigenvalue weighted by atomic mass is 15.1. The van der Waals surface area contributed by atoms with Gasteiger partial charge in [0.05, 0.1) is 5.41 Å². The molecule has 0 N–H and O–H groups in total. The average molecular weight is 778 g/mol. The first-order valence-corrected chi connectivity index (χ1v) is 21.4. The van der Waals surface area contributed by atoms with Gasteiger partial charge in [-0.15, -0.1) is 0 Å². The number of rotatable bonds is 6. The first-order chi connectivity index (χ1) is 30.0. The fourth-order valence-electron chi connectivity index (χ4n) is 10.9. The van der Waals surface area contributed by atoms with Gasteiger partial charge in [0.2, 0.25) is 0 Å². The zero-order valence-corrected chi connectivity index (χ0v) is 34.3. The number of benzene rings is 10. The molecular formula is C60H43N. The van der Waals surface area contributed by atoms with E-state index in [0.717, 1.165) is 17.1 Å². The SMILES string of the molecule is CC1(C)c2ccccc2-c2ccc(N(c3ccc4c(c3)C(c3ccccc3)(c3cccc(-c5ccccc5)c3)c3ccccc3-4)c3ccc4ccc5ccccc5c4c3)cc21. The molecule has 10 aromatic rings. The normalized spacial score (nSPS) is 15.6. The van der Waals surface area contributed by atoms with Crippen LogP contribution in [0.1, 0.15) is 47.2 Å². The van der Waals surface area contributed by atoms with E-state index < -0.39 is 5.41 Å². The van der Waals surface area contributed by atoms with Crippen LogP contribution < -0.4 is 4.90 Å². The van der Waals surface area contributed by atoms with Crippen LogP contribution in [0.25, 0.3) is 54.9 Å². The van der Waals surface area contributed by atoms with Crippen molar-refractivity contribution in [2.45, 2.75) is 24.7 Å². The van der Waals surface area contributed by atoms with E-state index in [2.05, 4.69) is 243 Å². The van der Waals surface area contributed by atoms with Crippen LogP contribution in [0.15, 0.2) is 224 Å². The summed E-state index contributed by atoms with van der Waals surface area (Å²) in [4.78, 5) is 2.50.